The van der Waals surface area contributed by atoms with Gasteiger partial charge in [0.15, 0.2) is 0 Å². The van der Waals surface area contributed by atoms with Crippen molar-refractivity contribution >= 4 is 0 Å². The molecule has 0 atom stereocenters. The summed E-state index contributed by atoms with van der Waals surface area (Å²) in [5.41, 5.74) is 5.18. The van der Waals surface area contributed by atoms with Crippen LogP contribution < -0.4 is 10.9 Å². The van der Waals surface area contributed by atoms with E-state index in [9.17, 15) is 0 Å². The molecule has 2 aliphatic rings. The van der Waals surface area contributed by atoms with Gasteiger partial charge in [0.05, 0.1) is 0 Å². The minimum Gasteiger partial charge on any atom is -0.178 e. The molecule has 2 heterocycles. The van der Waals surface area contributed by atoms with E-state index < -0.39 is 6.03 Å². The molecule has 1 spiro atoms. The van der Waals surface area contributed by atoms with Gasteiger partial charge in [0.25, 0.3) is 0 Å². The van der Waals surface area contributed by atoms with Gasteiger partial charge in [-0.2, -0.15) is 20.6 Å². The Morgan fingerprint density at radius 1 is 1.20 bits per heavy atom. The first kappa shape index (κ1) is 2.09. The molecule has 0 amide bonds. The molecule has 0 unspecified atom stereocenters. The van der Waals surface area contributed by atoms with Crippen molar-refractivity contribution in [1.29, 1.82) is 0 Å². The summed E-state index contributed by atoms with van der Waals surface area (Å²) in [5, 5.41) is 0. The lowest BCUT2D eigenvalue weighted by atomic mass is 11.2. The summed E-state index contributed by atoms with van der Waals surface area (Å²) in [4.78, 5) is 8.57. The Morgan fingerprint density at radius 3 is 1.80 bits per heavy atom. The first-order chi connectivity index (χ1) is 2.41. The average molecular weight is 74.0 g/mol. The smallest absolute Gasteiger partial charge is 0.178 e. The Morgan fingerprint density at radius 2 is 1.80 bits per heavy atom. The second-order valence-electron chi connectivity index (χ2n) is 1.03. The molecule has 0 radical (unpaired) electrons. The second kappa shape index (κ2) is 0.320. The van der Waals surface area contributed by atoms with E-state index in [0.717, 1.165) is 0 Å². The van der Waals surface area contributed by atoms with E-state index in [1.807, 2.05) is 0 Å². The Labute approximate surface area is 28.0 Å². The largest absolute Gasteiger partial charge is 0.373 e. The van der Waals surface area contributed by atoms with Gasteiger partial charge in [0, 0.05) is 0 Å². The molecule has 0 aromatic rings. The van der Waals surface area contributed by atoms with Crippen molar-refractivity contribution in [2.24, 2.45) is 0 Å². The summed E-state index contributed by atoms with van der Waals surface area (Å²) in [7, 11) is 0. The lowest BCUT2D eigenvalue weighted by molar-refractivity contribution is 0.0850. The summed E-state index contributed by atoms with van der Waals surface area (Å²) >= 11 is 0. The van der Waals surface area contributed by atoms with Gasteiger partial charge in [-0.3, -0.25) is 0 Å². The summed E-state index contributed by atoms with van der Waals surface area (Å²) < 4.78 is 0. The molecule has 2 rings (SSSR count). The molecular weight excluding hydrogens is 72.0 g/mol. The maximum Gasteiger partial charge on any atom is 0.373 e. The zero-order valence-corrected chi connectivity index (χ0v) is 2.32. The summed E-state index contributed by atoms with van der Waals surface area (Å²) in [6.45, 7) is 0. The van der Waals surface area contributed by atoms with Crippen molar-refractivity contribution < 1.29 is 9.78 Å². The topological polar surface area (TPSA) is 68.9 Å². The van der Waals surface area contributed by atoms with Crippen LogP contribution in [0.5, 0.6) is 0 Å². The van der Waals surface area contributed by atoms with Crippen molar-refractivity contribution in [3.8, 4) is 0 Å². The van der Waals surface area contributed by atoms with Crippen LogP contribution in [0.3, 0.4) is 0 Å². The van der Waals surface area contributed by atoms with Crippen LogP contribution in [0.2, 0.25) is 0 Å². The number of nitrogens with one attached hydrogen (secondary N) is 2. The highest BCUT2D eigenvalue weighted by Gasteiger charge is 2.62. The highest BCUT2D eigenvalue weighted by Crippen LogP contribution is 2.28. The number of hydrogen-bond acceptors (Lipinski definition) is 4. The van der Waals surface area contributed by atoms with Gasteiger partial charge in [-0.25, -0.2) is 0 Å². The third-order valence-corrected chi connectivity index (χ3v) is 0.579. The van der Waals surface area contributed by atoms with E-state index in [2.05, 4.69) is 20.6 Å². The number of hydrazine groups is 1. The Balaban J connectivity index is 2.30. The fourth-order valence-electron chi connectivity index (χ4n) is 0.176. The van der Waals surface area contributed by atoms with E-state index in [1.54, 1.807) is 0 Å². The third-order valence-electron chi connectivity index (χ3n) is 0.579. The second-order valence-corrected chi connectivity index (χ2v) is 1.03. The Bertz CT molecular complexity index is 50.5. The first-order valence-electron chi connectivity index (χ1n) is 1.32. The van der Waals surface area contributed by atoms with E-state index in [4.69, 9.17) is 0 Å². The summed E-state index contributed by atoms with van der Waals surface area (Å²) in [6.07, 6.45) is 0. The van der Waals surface area contributed by atoms with Gasteiger partial charge < -0.3 is 0 Å². The standard InChI is InChI=1S/CH2N2O2/c2-1(3-2)4-5-1/h2-3H. The highest BCUT2D eigenvalue weighted by atomic mass is 17.4. The zero-order chi connectivity index (χ0) is 3.33. The van der Waals surface area contributed by atoms with Gasteiger partial charge in [-0.15, -0.1) is 0 Å². The van der Waals surface area contributed by atoms with Gasteiger partial charge >= 0.3 is 6.03 Å². The van der Waals surface area contributed by atoms with E-state index >= 15 is 0 Å². The normalized spacial score (nSPS) is 38.4. The number of hydrogen-bond donors (Lipinski definition) is 2. The molecule has 2 saturated heterocycles. The van der Waals surface area contributed by atoms with Crippen LogP contribution in [0.4, 0.5) is 0 Å². The minimum absolute atomic E-state index is 0.500. The quantitative estimate of drug-likeness (QED) is 0.276. The molecule has 0 aromatic heterocycles. The van der Waals surface area contributed by atoms with Crippen LogP contribution in [-0.2, 0) is 9.78 Å². The predicted molar refractivity (Wildman–Crippen MR) is 11.2 cm³/mol. The maximum absolute atomic E-state index is 4.28. The first-order valence-corrected chi connectivity index (χ1v) is 1.32. The summed E-state index contributed by atoms with van der Waals surface area (Å²) in [5.74, 6) is 0. The molecule has 28 valence electrons. The average Bonchev–Trinajstić information content (AvgIpc) is 2.17. The van der Waals surface area contributed by atoms with Crippen LogP contribution in [0.15, 0.2) is 0 Å². The van der Waals surface area contributed by atoms with Crippen LogP contribution in [0.25, 0.3) is 0 Å². The Hall–Kier alpha value is -0.160. The molecule has 2 N–H and O–H groups in total. The van der Waals surface area contributed by atoms with Crippen molar-refractivity contribution in [2.45, 2.75) is 6.03 Å². The molecule has 0 bridgehead atoms. The van der Waals surface area contributed by atoms with E-state index in [1.165, 1.54) is 0 Å². The number of rotatable bonds is 0. The van der Waals surface area contributed by atoms with E-state index in [-0.39, 0.29) is 0 Å². The molecule has 2 aliphatic heterocycles. The molecule has 2 fully saturated rings. The highest BCUT2D eigenvalue weighted by molar-refractivity contribution is 4.75. The fourth-order valence-corrected chi connectivity index (χ4v) is 0.176. The van der Waals surface area contributed by atoms with Crippen molar-refractivity contribution in [3.63, 3.8) is 0 Å². The molecule has 0 aromatic carbocycles. The molecule has 0 aliphatic carbocycles. The zero-order valence-electron chi connectivity index (χ0n) is 2.32. The minimum atomic E-state index is -0.500. The van der Waals surface area contributed by atoms with Gasteiger partial charge in [0.2, 0.25) is 0 Å². The maximum atomic E-state index is 4.28. The SMILES string of the molecule is N1NC12OO2. The van der Waals surface area contributed by atoms with Crippen LogP contribution in [-0.4, -0.2) is 6.03 Å². The van der Waals surface area contributed by atoms with Crippen molar-refractivity contribution in [2.75, 3.05) is 0 Å². The van der Waals surface area contributed by atoms with Gasteiger partial charge in [-0.1, -0.05) is 0 Å². The molecule has 4 heteroatoms. The van der Waals surface area contributed by atoms with Crippen molar-refractivity contribution in [3.05, 3.63) is 0 Å². The van der Waals surface area contributed by atoms with Gasteiger partial charge in [0.1, 0.15) is 0 Å². The van der Waals surface area contributed by atoms with Crippen LogP contribution in [0, 0.1) is 0 Å². The summed E-state index contributed by atoms with van der Waals surface area (Å²) in [6, 6.07) is -0.500. The Kier molecular flexibility index (Phi) is 0.134. The van der Waals surface area contributed by atoms with Crippen molar-refractivity contribution in [1.82, 2.24) is 10.9 Å². The van der Waals surface area contributed by atoms with Gasteiger partial charge in [-0.05, 0) is 0 Å². The molecule has 0 saturated carbocycles. The van der Waals surface area contributed by atoms with E-state index in [0.29, 0.717) is 0 Å². The lowest BCUT2D eigenvalue weighted by Gasteiger charge is -1.41. The third kappa shape index (κ3) is 0.134. The molecular formula is CH2N2O2. The van der Waals surface area contributed by atoms with Crippen LogP contribution in [0.1, 0.15) is 0 Å². The predicted octanol–water partition coefficient (Wildman–Crippen LogP) is -1.33. The van der Waals surface area contributed by atoms with Crippen LogP contribution >= 0.6 is 0 Å². The molecule has 4 nitrogen and oxygen atoms in total. The lowest BCUT2D eigenvalue weighted by Crippen LogP contribution is -1.85. The monoisotopic (exact) mass is 74.0 g/mol. The fraction of sp³-hybridized carbons (Fsp3) is 1.00. The molecule has 5 heavy (non-hydrogen) atoms.